The molecule has 3 aliphatic heterocycles. The molecule has 0 radical (unpaired) electrons. The minimum absolute atomic E-state index is 0.272. The molecule has 242 valence electrons. The van der Waals surface area contributed by atoms with Crippen molar-refractivity contribution in [3.63, 3.8) is 0 Å². The molecule has 0 aliphatic carbocycles. The zero-order chi connectivity index (χ0) is 30.3. The topological polar surface area (TPSA) is 237 Å². The van der Waals surface area contributed by atoms with Gasteiger partial charge in [-0.1, -0.05) is 39.0 Å². The van der Waals surface area contributed by atoms with E-state index in [4.69, 9.17) is 28.4 Å². The largest absolute Gasteiger partial charge is 0.388 e. The summed E-state index contributed by atoms with van der Waals surface area (Å²) in [5.74, 6) is 0. The molecule has 3 heterocycles. The summed E-state index contributed by atoms with van der Waals surface area (Å²) in [6.07, 6.45) is -15.6. The second-order valence-corrected chi connectivity index (χ2v) is 11.0. The molecule has 0 aromatic heterocycles. The van der Waals surface area contributed by atoms with Gasteiger partial charge < -0.3 is 74.4 Å². The van der Waals surface area contributed by atoms with E-state index in [1.807, 2.05) is 0 Å². The van der Waals surface area contributed by atoms with E-state index in [1.54, 1.807) is 0 Å². The van der Waals surface area contributed by atoms with E-state index in [1.165, 1.54) is 6.92 Å². The Bertz CT molecular complexity index is 748. The molecule has 3 fully saturated rings. The van der Waals surface area contributed by atoms with Gasteiger partial charge in [0.25, 0.3) is 0 Å². The summed E-state index contributed by atoms with van der Waals surface area (Å²) in [4.78, 5) is 0. The first-order chi connectivity index (χ1) is 19.5. The molecule has 0 spiro atoms. The van der Waals surface area contributed by atoms with Crippen LogP contribution in [-0.2, 0) is 28.4 Å². The van der Waals surface area contributed by atoms with Gasteiger partial charge in [0, 0.05) is 6.61 Å². The van der Waals surface area contributed by atoms with E-state index in [2.05, 4.69) is 6.92 Å². The molecule has 0 saturated carbocycles. The number of ether oxygens (including phenoxy) is 6. The molecule has 0 bridgehead atoms. The maximum atomic E-state index is 10.4. The zero-order valence-electron chi connectivity index (χ0n) is 23.5. The van der Waals surface area contributed by atoms with E-state index >= 15 is 0 Å². The second kappa shape index (κ2) is 16.5. The van der Waals surface area contributed by atoms with Crippen LogP contribution in [0.15, 0.2) is 0 Å². The summed E-state index contributed by atoms with van der Waals surface area (Å²) in [7, 11) is 0. The Kier molecular flexibility index (Phi) is 14.0. The van der Waals surface area contributed by atoms with Crippen LogP contribution in [0.5, 0.6) is 0 Å². The highest BCUT2D eigenvalue weighted by molar-refractivity contribution is 4.92. The molecule has 0 aromatic carbocycles. The highest BCUT2D eigenvalue weighted by Gasteiger charge is 2.48. The smallest absolute Gasteiger partial charge is 0.186 e. The Hall–Kier alpha value is -0.600. The fraction of sp³-hybridized carbons (Fsp3) is 1.00. The first kappa shape index (κ1) is 34.9. The van der Waals surface area contributed by atoms with Crippen molar-refractivity contribution in [3.05, 3.63) is 0 Å². The standard InChI is InChI=1S/C26H48O15/c1-3-4-5-6-7-8-9-36-24-22(34)19(31)16(28)13(40-24)11-38-26-23(35)20(32)17(29)14(41-26)10-37-25-21(33)18(30)15(27)12(2)39-25/h12-35H,3-11H2,1-2H3. The minimum atomic E-state index is -1.73. The summed E-state index contributed by atoms with van der Waals surface area (Å²) in [5.41, 5.74) is 0. The Balaban J connectivity index is 1.51. The van der Waals surface area contributed by atoms with Crippen LogP contribution in [0.2, 0.25) is 0 Å². The minimum Gasteiger partial charge on any atom is -0.388 e. The molecule has 9 N–H and O–H groups in total. The van der Waals surface area contributed by atoms with Crippen molar-refractivity contribution < 1.29 is 74.4 Å². The van der Waals surface area contributed by atoms with Gasteiger partial charge >= 0.3 is 0 Å². The SMILES string of the molecule is CCCCCCCCOC1OC(COC2OC(COC3OC(C)C(O)C(O)C3O)C(O)C(O)C2O)C(O)C(O)C1O. The van der Waals surface area contributed by atoms with E-state index in [0.29, 0.717) is 0 Å². The van der Waals surface area contributed by atoms with Crippen molar-refractivity contribution in [2.75, 3.05) is 19.8 Å². The number of aliphatic hydroxyl groups excluding tert-OH is 9. The number of hydrogen-bond donors (Lipinski definition) is 9. The van der Waals surface area contributed by atoms with Crippen molar-refractivity contribution in [1.82, 2.24) is 0 Å². The van der Waals surface area contributed by atoms with Crippen LogP contribution in [0, 0.1) is 0 Å². The molecule has 3 saturated heterocycles. The monoisotopic (exact) mass is 600 g/mol. The summed E-state index contributed by atoms with van der Waals surface area (Å²) in [6.45, 7) is 2.95. The first-order valence-corrected chi connectivity index (χ1v) is 14.4. The lowest BCUT2D eigenvalue weighted by atomic mass is 9.98. The van der Waals surface area contributed by atoms with Crippen LogP contribution in [-0.4, -0.2) is 158 Å². The van der Waals surface area contributed by atoms with Crippen LogP contribution in [0.4, 0.5) is 0 Å². The molecule has 15 atom stereocenters. The fourth-order valence-corrected chi connectivity index (χ4v) is 5.00. The van der Waals surface area contributed by atoms with Gasteiger partial charge in [-0.25, -0.2) is 0 Å². The van der Waals surface area contributed by atoms with Gasteiger partial charge in [-0.05, 0) is 13.3 Å². The highest BCUT2D eigenvalue weighted by Crippen LogP contribution is 2.28. The number of aliphatic hydroxyl groups is 9. The van der Waals surface area contributed by atoms with Gasteiger partial charge in [0.1, 0.15) is 67.1 Å². The number of unbranched alkanes of at least 4 members (excludes halogenated alkanes) is 5. The molecular weight excluding hydrogens is 552 g/mol. The van der Waals surface area contributed by atoms with Crippen LogP contribution < -0.4 is 0 Å². The van der Waals surface area contributed by atoms with E-state index in [9.17, 15) is 46.0 Å². The Morgan fingerprint density at radius 3 is 1.39 bits per heavy atom. The quantitative estimate of drug-likeness (QED) is 0.0895. The third-order valence-corrected chi connectivity index (χ3v) is 7.77. The van der Waals surface area contributed by atoms with Gasteiger partial charge in [0.15, 0.2) is 18.9 Å². The normalized spacial score (nSPS) is 45.6. The lowest BCUT2D eigenvalue weighted by Gasteiger charge is -2.43. The van der Waals surface area contributed by atoms with Crippen molar-refractivity contribution in [3.8, 4) is 0 Å². The lowest BCUT2D eigenvalue weighted by molar-refractivity contribution is -0.341. The van der Waals surface area contributed by atoms with Crippen molar-refractivity contribution >= 4 is 0 Å². The molecule has 3 aliphatic rings. The van der Waals surface area contributed by atoms with Crippen molar-refractivity contribution in [2.24, 2.45) is 0 Å². The third-order valence-electron chi connectivity index (χ3n) is 7.77. The third kappa shape index (κ3) is 8.97. The van der Waals surface area contributed by atoms with Gasteiger partial charge in [-0.3, -0.25) is 0 Å². The van der Waals surface area contributed by atoms with Crippen LogP contribution >= 0.6 is 0 Å². The van der Waals surface area contributed by atoms with Crippen LogP contribution in [0.1, 0.15) is 52.4 Å². The molecule has 15 nitrogen and oxygen atoms in total. The second-order valence-electron chi connectivity index (χ2n) is 11.0. The average Bonchev–Trinajstić information content (AvgIpc) is 2.96. The Morgan fingerprint density at radius 2 is 0.878 bits per heavy atom. The van der Waals surface area contributed by atoms with Gasteiger partial charge in [-0.15, -0.1) is 0 Å². The van der Waals surface area contributed by atoms with Gasteiger partial charge in [0.2, 0.25) is 0 Å². The molecule has 3 rings (SSSR count). The zero-order valence-corrected chi connectivity index (χ0v) is 23.5. The molecule has 15 heteroatoms. The molecule has 0 amide bonds. The predicted molar refractivity (Wildman–Crippen MR) is 137 cm³/mol. The van der Waals surface area contributed by atoms with E-state index in [-0.39, 0.29) is 6.61 Å². The summed E-state index contributed by atoms with van der Waals surface area (Å²) in [6, 6.07) is 0. The first-order valence-electron chi connectivity index (χ1n) is 14.4. The molecular formula is C26H48O15. The Morgan fingerprint density at radius 1 is 0.463 bits per heavy atom. The number of hydrogen-bond acceptors (Lipinski definition) is 15. The lowest BCUT2D eigenvalue weighted by Crippen LogP contribution is -2.62. The summed E-state index contributed by atoms with van der Waals surface area (Å²) >= 11 is 0. The van der Waals surface area contributed by atoms with Crippen molar-refractivity contribution in [1.29, 1.82) is 0 Å². The average molecular weight is 601 g/mol. The van der Waals surface area contributed by atoms with Crippen LogP contribution in [0.3, 0.4) is 0 Å². The number of rotatable bonds is 14. The van der Waals surface area contributed by atoms with E-state index < -0.39 is 105 Å². The maximum Gasteiger partial charge on any atom is 0.186 e. The summed E-state index contributed by atoms with van der Waals surface area (Å²) < 4.78 is 33.1. The van der Waals surface area contributed by atoms with Crippen LogP contribution in [0.25, 0.3) is 0 Å². The van der Waals surface area contributed by atoms with Gasteiger partial charge in [0.05, 0.1) is 19.3 Å². The van der Waals surface area contributed by atoms with Gasteiger partial charge in [-0.2, -0.15) is 0 Å². The Labute approximate surface area is 239 Å². The summed E-state index contributed by atoms with van der Waals surface area (Å²) in [5, 5.41) is 92.1. The van der Waals surface area contributed by atoms with Crippen molar-refractivity contribution in [2.45, 2.75) is 144 Å². The van der Waals surface area contributed by atoms with E-state index in [0.717, 1.165) is 38.5 Å². The fourth-order valence-electron chi connectivity index (χ4n) is 5.00. The molecule has 15 unspecified atom stereocenters. The molecule has 0 aromatic rings. The highest BCUT2D eigenvalue weighted by atomic mass is 16.7. The molecule has 41 heavy (non-hydrogen) atoms. The predicted octanol–water partition coefficient (Wildman–Crippen LogP) is -3.16. The maximum absolute atomic E-state index is 10.4.